The zero-order valence-corrected chi connectivity index (χ0v) is 23.4. The Kier molecular flexibility index (Phi) is 7.83. The predicted octanol–water partition coefficient (Wildman–Crippen LogP) is 9.33. The Morgan fingerprint density at radius 1 is 0.641 bits per heavy atom. The molecule has 0 saturated heterocycles. The van der Waals surface area contributed by atoms with Gasteiger partial charge in [0.05, 0.1) is 0 Å². The lowest BCUT2D eigenvalue weighted by Gasteiger charge is -2.43. The van der Waals surface area contributed by atoms with Gasteiger partial charge in [-0.25, -0.2) is 0 Å². The lowest BCUT2D eigenvalue weighted by molar-refractivity contribution is 0.252. The van der Waals surface area contributed by atoms with Gasteiger partial charge in [-0.2, -0.15) is 0 Å². The predicted molar refractivity (Wildman–Crippen MR) is 162 cm³/mol. The van der Waals surface area contributed by atoms with Crippen LogP contribution in [0.25, 0.3) is 0 Å². The first-order chi connectivity index (χ1) is 18.9. The third-order valence-corrected chi connectivity index (χ3v) is 8.31. The van der Waals surface area contributed by atoms with Gasteiger partial charge in [0, 0.05) is 16.8 Å². The molecule has 4 aromatic rings. The van der Waals surface area contributed by atoms with E-state index in [1.165, 1.54) is 47.9 Å². The van der Waals surface area contributed by atoms with E-state index in [1.807, 2.05) is 48.5 Å². The van der Waals surface area contributed by atoms with E-state index in [0.717, 1.165) is 53.1 Å². The summed E-state index contributed by atoms with van der Waals surface area (Å²) in [6, 6.07) is 28.3. The van der Waals surface area contributed by atoms with Crippen molar-refractivity contribution in [3.8, 4) is 23.0 Å². The van der Waals surface area contributed by atoms with Crippen LogP contribution >= 0.6 is 0 Å². The molecule has 1 saturated carbocycles. The summed E-state index contributed by atoms with van der Waals surface area (Å²) in [5, 5.41) is 0. The second-order valence-corrected chi connectivity index (χ2v) is 11.1. The van der Waals surface area contributed by atoms with Gasteiger partial charge in [0.2, 0.25) is 0 Å². The van der Waals surface area contributed by atoms with Gasteiger partial charge in [-0.15, -0.1) is 0 Å². The van der Waals surface area contributed by atoms with Crippen molar-refractivity contribution >= 4 is 11.4 Å². The fraction of sp³-hybridized carbons (Fsp3) is 0.314. The van der Waals surface area contributed by atoms with Gasteiger partial charge < -0.3 is 20.9 Å². The summed E-state index contributed by atoms with van der Waals surface area (Å²) < 4.78 is 12.3. The number of nitrogens with two attached hydrogens (primary N) is 2. The van der Waals surface area contributed by atoms with Crippen LogP contribution in [0.4, 0.5) is 11.4 Å². The van der Waals surface area contributed by atoms with Crippen molar-refractivity contribution in [2.24, 2.45) is 5.92 Å². The topological polar surface area (TPSA) is 70.5 Å². The van der Waals surface area contributed by atoms with Crippen LogP contribution < -0.4 is 20.9 Å². The van der Waals surface area contributed by atoms with Crippen LogP contribution in [0, 0.1) is 19.8 Å². The largest absolute Gasteiger partial charge is 0.457 e. The number of benzene rings is 4. The number of hydrogen-bond donors (Lipinski definition) is 2. The van der Waals surface area contributed by atoms with Gasteiger partial charge in [0.25, 0.3) is 0 Å². The van der Waals surface area contributed by atoms with Crippen molar-refractivity contribution in [2.75, 3.05) is 11.5 Å². The summed E-state index contributed by atoms with van der Waals surface area (Å²) in [5.74, 6) is 4.09. The number of hydrogen-bond acceptors (Lipinski definition) is 4. The molecular formula is C35H40N2O2. The Bertz CT molecular complexity index is 1300. The number of anilines is 2. The van der Waals surface area contributed by atoms with E-state index in [4.69, 9.17) is 20.9 Å². The molecule has 4 N–H and O–H groups in total. The molecule has 1 fully saturated rings. The Labute approximate surface area is 233 Å². The minimum atomic E-state index is -0.0299. The van der Waals surface area contributed by atoms with Crippen molar-refractivity contribution in [1.82, 2.24) is 0 Å². The average molecular weight is 521 g/mol. The van der Waals surface area contributed by atoms with E-state index in [0.29, 0.717) is 0 Å². The Hall–Kier alpha value is -3.92. The minimum Gasteiger partial charge on any atom is -0.457 e. The maximum atomic E-state index is 6.17. The smallest absolute Gasteiger partial charge is 0.127 e. The quantitative estimate of drug-likeness (QED) is 0.227. The van der Waals surface area contributed by atoms with Gasteiger partial charge in [-0.05, 0) is 140 Å². The van der Waals surface area contributed by atoms with Crippen LogP contribution in [0.15, 0.2) is 84.9 Å². The summed E-state index contributed by atoms with van der Waals surface area (Å²) >= 11 is 0. The molecular weight excluding hydrogens is 480 g/mol. The van der Waals surface area contributed by atoms with Crippen molar-refractivity contribution < 1.29 is 9.47 Å². The highest BCUT2D eigenvalue weighted by Gasteiger charge is 2.40. The normalized spacial score (nSPS) is 15.2. The number of aryl methyl sites for hydroxylation is 2. The molecule has 0 amide bonds. The average Bonchev–Trinajstić information content (AvgIpc) is 2.92. The van der Waals surface area contributed by atoms with E-state index >= 15 is 0 Å². The van der Waals surface area contributed by atoms with E-state index < -0.39 is 0 Å². The second-order valence-electron chi connectivity index (χ2n) is 11.1. The standard InChI is InChI=1S/C35H40N2O2/c1-4-5-26-18-20-35(21-19-26,33-16-14-31(22-24(33)2)38-29-10-6-27(36)7-11-29)34-17-15-32(23-25(34)3)39-30-12-8-28(37)9-13-30/h6-17,22-23,26H,4-5,18-21,36-37H2,1-3H3. The van der Waals surface area contributed by atoms with Crippen molar-refractivity contribution in [1.29, 1.82) is 0 Å². The maximum absolute atomic E-state index is 6.17. The first-order valence-corrected chi connectivity index (χ1v) is 14.2. The monoisotopic (exact) mass is 520 g/mol. The highest BCUT2D eigenvalue weighted by Crippen LogP contribution is 2.50. The molecule has 0 radical (unpaired) electrons. The first-order valence-electron chi connectivity index (χ1n) is 14.2. The Balaban J connectivity index is 1.47. The molecule has 4 nitrogen and oxygen atoms in total. The van der Waals surface area contributed by atoms with E-state index in [1.54, 1.807) is 0 Å². The molecule has 1 aliphatic rings. The summed E-state index contributed by atoms with van der Waals surface area (Å²) in [6.45, 7) is 6.74. The summed E-state index contributed by atoms with van der Waals surface area (Å²) in [7, 11) is 0. The highest BCUT2D eigenvalue weighted by atomic mass is 16.5. The second kappa shape index (κ2) is 11.4. The van der Waals surface area contributed by atoms with Crippen molar-refractivity contribution in [3.05, 3.63) is 107 Å². The van der Waals surface area contributed by atoms with Crippen LogP contribution in [0.5, 0.6) is 23.0 Å². The molecule has 202 valence electrons. The molecule has 5 rings (SSSR count). The van der Waals surface area contributed by atoms with Crippen LogP contribution in [0.3, 0.4) is 0 Å². The molecule has 39 heavy (non-hydrogen) atoms. The number of ether oxygens (including phenoxy) is 2. The zero-order valence-electron chi connectivity index (χ0n) is 23.4. The van der Waals surface area contributed by atoms with E-state index in [2.05, 4.69) is 57.2 Å². The van der Waals surface area contributed by atoms with Gasteiger partial charge in [0.15, 0.2) is 0 Å². The molecule has 0 unspecified atom stereocenters. The summed E-state index contributed by atoms with van der Waals surface area (Å²) in [4.78, 5) is 0. The van der Waals surface area contributed by atoms with E-state index in [9.17, 15) is 0 Å². The van der Waals surface area contributed by atoms with Crippen LogP contribution in [0.2, 0.25) is 0 Å². The number of nitrogen functional groups attached to an aromatic ring is 2. The zero-order chi connectivity index (χ0) is 27.4. The molecule has 4 aromatic carbocycles. The van der Waals surface area contributed by atoms with Crippen molar-refractivity contribution in [3.63, 3.8) is 0 Å². The molecule has 0 bridgehead atoms. The third-order valence-electron chi connectivity index (χ3n) is 8.31. The summed E-state index contributed by atoms with van der Waals surface area (Å²) in [5.41, 5.74) is 18.4. The molecule has 4 heteroatoms. The SMILES string of the molecule is CCCC1CCC(c2ccc(Oc3ccc(N)cc3)cc2C)(c2ccc(Oc3ccc(N)cc3)cc2C)CC1. The number of rotatable bonds is 8. The summed E-state index contributed by atoms with van der Waals surface area (Å²) in [6.07, 6.45) is 7.37. The van der Waals surface area contributed by atoms with E-state index in [-0.39, 0.29) is 5.41 Å². The molecule has 0 heterocycles. The molecule has 0 spiro atoms. The fourth-order valence-corrected chi connectivity index (χ4v) is 6.37. The lowest BCUT2D eigenvalue weighted by Crippen LogP contribution is -2.34. The van der Waals surface area contributed by atoms with Gasteiger partial charge in [0.1, 0.15) is 23.0 Å². The first kappa shape index (κ1) is 26.7. The van der Waals surface area contributed by atoms with Gasteiger partial charge in [-0.1, -0.05) is 31.9 Å². The van der Waals surface area contributed by atoms with Gasteiger partial charge >= 0.3 is 0 Å². The lowest BCUT2D eigenvalue weighted by atomic mass is 9.61. The van der Waals surface area contributed by atoms with Crippen LogP contribution in [-0.2, 0) is 5.41 Å². The highest BCUT2D eigenvalue weighted by molar-refractivity contribution is 5.52. The minimum absolute atomic E-state index is 0.0299. The van der Waals surface area contributed by atoms with Gasteiger partial charge in [-0.3, -0.25) is 0 Å². The Morgan fingerprint density at radius 3 is 1.44 bits per heavy atom. The third kappa shape index (κ3) is 5.90. The maximum Gasteiger partial charge on any atom is 0.127 e. The molecule has 0 atom stereocenters. The van der Waals surface area contributed by atoms with Crippen LogP contribution in [0.1, 0.15) is 67.7 Å². The Morgan fingerprint density at radius 2 is 1.05 bits per heavy atom. The molecule has 0 aromatic heterocycles. The fourth-order valence-electron chi connectivity index (χ4n) is 6.37. The van der Waals surface area contributed by atoms with Crippen molar-refractivity contribution in [2.45, 2.75) is 64.7 Å². The van der Waals surface area contributed by atoms with Crippen LogP contribution in [-0.4, -0.2) is 0 Å². The molecule has 1 aliphatic carbocycles. The molecule has 0 aliphatic heterocycles.